The number of rotatable bonds is 6. The van der Waals surface area contributed by atoms with Crippen molar-refractivity contribution in [3.05, 3.63) is 30.1 Å². The van der Waals surface area contributed by atoms with Gasteiger partial charge < -0.3 is 10.2 Å². The molecule has 1 saturated heterocycles. The van der Waals surface area contributed by atoms with E-state index in [-0.39, 0.29) is 0 Å². The lowest BCUT2D eigenvalue weighted by molar-refractivity contribution is 0.150. The molecule has 2 heterocycles. The Kier molecular flexibility index (Phi) is 5.80. The van der Waals surface area contributed by atoms with Crippen molar-refractivity contribution in [3.8, 4) is 0 Å². The summed E-state index contributed by atoms with van der Waals surface area (Å²) in [6.45, 7) is 9.34. The first-order valence-corrected chi connectivity index (χ1v) is 7.64. The molecule has 3 heteroatoms. The van der Waals surface area contributed by atoms with Crippen LogP contribution in [0, 0.1) is 5.92 Å². The van der Waals surface area contributed by atoms with Gasteiger partial charge in [-0.05, 0) is 56.8 Å². The van der Waals surface area contributed by atoms with Gasteiger partial charge >= 0.3 is 0 Å². The Balaban J connectivity index is 1.77. The Labute approximate surface area is 117 Å². The molecule has 1 aromatic rings. The first-order chi connectivity index (χ1) is 9.29. The monoisotopic (exact) mass is 261 g/mol. The number of pyridine rings is 1. The van der Waals surface area contributed by atoms with Crippen LogP contribution in [0.1, 0.15) is 38.7 Å². The van der Waals surface area contributed by atoms with Crippen LogP contribution >= 0.6 is 0 Å². The average Bonchev–Trinajstić information content (AvgIpc) is 2.46. The van der Waals surface area contributed by atoms with Gasteiger partial charge in [-0.3, -0.25) is 4.98 Å². The highest BCUT2D eigenvalue weighted by molar-refractivity contribution is 5.08. The zero-order valence-corrected chi connectivity index (χ0v) is 12.3. The summed E-state index contributed by atoms with van der Waals surface area (Å²) in [6, 6.07) is 4.72. The first-order valence-electron chi connectivity index (χ1n) is 7.64. The van der Waals surface area contributed by atoms with Crippen LogP contribution in [-0.4, -0.2) is 35.6 Å². The van der Waals surface area contributed by atoms with Crippen molar-refractivity contribution in [1.29, 1.82) is 0 Å². The molecule has 1 aliphatic heterocycles. The maximum absolute atomic E-state index is 4.16. The van der Waals surface area contributed by atoms with Crippen LogP contribution in [0.3, 0.4) is 0 Å². The van der Waals surface area contributed by atoms with E-state index in [1.807, 2.05) is 18.5 Å². The van der Waals surface area contributed by atoms with Gasteiger partial charge in [0.2, 0.25) is 0 Å². The minimum absolute atomic E-state index is 0.583. The number of likely N-dealkylation sites (tertiary alicyclic amines) is 1. The molecule has 0 saturated carbocycles. The number of hydrogen-bond acceptors (Lipinski definition) is 3. The molecule has 19 heavy (non-hydrogen) atoms. The molecule has 0 radical (unpaired) electrons. The molecule has 3 nitrogen and oxygen atoms in total. The van der Waals surface area contributed by atoms with E-state index >= 15 is 0 Å². The van der Waals surface area contributed by atoms with Crippen molar-refractivity contribution in [2.24, 2.45) is 5.92 Å². The van der Waals surface area contributed by atoms with E-state index in [0.717, 1.165) is 12.5 Å². The van der Waals surface area contributed by atoms with Gasteiger partial charge in [0, 0.05) is 31.5 Å². The fraction of sp³-hybridized carbons (Fsp3) is 0.688. The molecular formula is C16H27N3. The van der Waals surface area contributed by atoms with Crippen molar-refractivity contribution in [3.63, 3.8) is 0 Å². The van der Waals surface area contributed by atoms with E-state index < -0.39 is 0 Å². The molecule has 0 bridgehead atoms. The topological polar surface area (TPSA) is 28.2 Å². The van der Waals surface area contributed by atoms with Crippen molar-refractivity contribution < 1.29 is 0 Å². The second kappa shape index (κ2) is 7.61. The minimum atomic E-state index is 0.583. The number of aromatic nitrogens is 1. The second-order valence-corrected chi connectivity index (χ2v) is 5.73. The first kappa shape index (κ1) is 14.5. The minimum Gasteiger partial charge on any atom is -0.310 e. The lowest BCUT2D eigenvalue weighted by Crippen LogP contribution is -2.44. The normalized spacial score (nSPS) is 22.3. The predicted molar refractivity (Wildman–Crippen MR) is 80.0 cm³/mol. The summed E-state index contributed by atoms with van der Waals surface area (Å²) in [5, 5.41) is 3.66. The second-order valence-electron chi connectivity index (χ2n) is 5.73. The maximum Gasteiger partial charge on any atom is 0.0312 e. The van der Waals surface area contributed by atoms with Crippen LogP contribution in [0.4, 0.5) is 0 Å². The summed E-state index contributed by atoms with van der Waals surface area (Å²) in [4.78, 5) is 6.78. The highest BCUT2D eigenvalue weighted by Crippen LogP contribution is 2.20. The molecule has 106 valence electrons. The summed E-state index contributed by atoms with van der Waals surface area (Å²) in [6.07, 6.45) is 7.76. The largest absolute Gasteiger partial charge is 0.310 e. The molecular weight excluding hydrogens is 234 g/mol. The van der Waals surface area contributed by atoms with E-state index in [1.165, 1.54) is 44.5 Å². The lowest BCUT2D eigenvalue weighted by Gasteiger charge is -2.36. The lowest BCUT2D eigenvalue weighted by atomic mass is 9.91. The van der Waals surface area contributed by atoms with Gasteiger partial charge in [-0.15, -0.1) is 0 Å². The molecule has 0 aromatic carbocycles. The number of nitrogens with one attached hydrogen (secondary N) is 1. The summed E-state index contributed by atoms with van der Waals surface area (Å²) >= 11 is 0. The van der Waals surface area contributed by atoms with E-state index in [2.05, 4.69) is 35.1 Å². The highest BCUT2D eigenvalue weighted by Gasteiger charge is 2.23. The van der Waals surface area contributed by atoms with Gasteiger partial charge in [0.15, 0.2) is 0 Å². The zero-order chi connectivity index (χ0) is 13.5. The van der Waals surface area contributed by atoms with Gasteiger partial charge in [0.05, 0.1) is 0 Å². The van der Waals surface area contributed by atoms with Crippen molar-refractivity contribution in [1.82, 2.24) is 15.2 Å². The third-order valence-corrected chi connectivity index (χ3v) is 4.14. The molecule has 0 spiro atoms. The molecule has 1 N–H and O–H groups in total. The smallest absolute Gasteiger partial charge is 0.0312 e. The quantitative estimate of drug-likeness (QED) is 0.853. The Morgan fingerprint density at radius 3 is 3.16 bits per heavy atom. The molecule has 2 rings (SSSR count). The van der Waals surface area contributed by atoms with Crippen LogP contribution < -0.4 is 5.32 Å². The van der Waals surface area contributed by atoms with E-state index in [0.29, 0.717) is 6.04 Å². The van der Waals surface area contributed by atoms with Gasteiger partial charge in [-0.25, -0.2) is 0 Å². The third kappa shape index (κ3) is 4.59. The van der Waals surface area contributed by atoms with Crippen LogP contribution in [-0.2, 0) is 6.54 Å². The summed E-state index contributed by atoms with van der Waals surface area (Å²) in [5.41, 5.74) is 1.27. The molecule has 2 atom stereocenters. The Morgan fingerprint density at radius 1 is 1.53 bits per heavy atom. The number of hydrogen-bond donors (Lipinski definition) is 1. The van der Waals surface area contributed by atoms with Crippen molar-refractivity contribution in [2.45, 2.75) is 45.7 Å². The standard InChI is InChI=1S/C16H27N3/c1-3-9-19-10-5-7-16(13-19)14(2)18-12-15-6-4-8-17-11-15/h4,6,8,11,14,16,18H,3,5,7,9-10,12-13H2,1-2H3. The molecule has 0 amide bonds. The van der Waals surface area contributed by atoms with Crippen LogP contribution in [0.25, 0.3) is 0 Å². The SMILES string of the molecule is CCCN1CCCC(C(C)NCc2cccnc2)C1. The molecule has 2 unspecified atom stereocenters. The molecule has 0 aliphatic carbocycles. The maximum atomic E-state index is 4.16. The zero-order valence-electron chi connectivity index (χ0n) is 12.3. The van der Waals surface area contributed by atoms with Gasteiger partial charge in [-0.1, -0.05) is 13.0 Å². The number of piperidine rings is 1. The van der Waals surface area contributed by atoms with E-state index in [9.17, 15) is 0 Å². The van der Waals surface area contributed by atoms with Gasteiger partial charge in [-0.2, -0.15) is 0 Å². The fourth-order valence-electron chi connectivity index (χ4n) is 2.97. The predicted octanol–water partition coefficient (Wildman–Crippen LogP) is 2.68. The van der Waals surface area contributed by atoms with E-state index in [4.69, 9.17) is 0 Å². The fourth-order valence-corrected chi connectivity index (χ4v) is 2.97. The summed E-state index contributed by atoms with van der Waals surface area (Å²) in [7, 11) is 0. The van der Waals surface area contributed by atoms with Gasteiger partial charge in [0.1, 0.15) is 0 Å². The van der Waals surface area contributed by atoms with Crippen LogP contribution in [0.15, 0.2) is 24.5 Å². The van der Waals surface area contributed by atoms with E-state index in [1.54, 1.807) is 0 Å². The van der Waals surface area contributed by atoms with Crippen LogP contribution in [0.2, 0.25) is 0 Å². The Morgan fingerprint density at radius 2 is 2.42 bits per heavy atom. The molecule has 1 aliphatic rings. The average molecular weight is 261 g/mol. The van der Waals surface area contributed by atoms with Crippen LogP contribution in [0.5, 0.6) is 0 Å². The van der Waals surface area contributed by atoms with Crippen molar-refractivity contribution >= 4 is 0 Å². The summed E-state index contributed by atoms with van der Waals surface area (Å²) in [5.74, 6) is 0.789. The molecule has 1 aromatic heterocycles. The Bertz CT molecular complexity index is 350. The number of nitrogens with zero attached hydrogens (tertiary/aromatic N) is 2. The molecule has 1 fully saturated rings. The van der Waals surface area contributed by atoms with Gasteiger partial charge in [0.25, 0.3) is 0 Å². The third-order valence-electron chi connectivity index (χ3n) is 4.14. The van der Waals surface area contributed by atoms with Crippen molar-refractivity contribution in [2.75, 3.05) is 19.6 Å². The highest BCUT2D eigenvalue weighted by atomic mass is 15.1. The summed E-state index contributed by atoms with van der Waals surface area (Å²) < 4.78 is 0. The Hall–Kier alpha value is -0.930.